The lowest BCUT2D eigenvalue weighted by Gasteiger charge is -2.13. The van der Waals surface area contributed by atoms with Gasteiger partial charge in [-0.25, -0.2) is 4.79 Å². The predicted octanol–water partition coefficient (Wildman–Crippen LogP) is 1.22. The van der Waals surface area contributed by atoms with Crippen molar-refractivity contribution in [2.24, 2.45) is 0 Å². The van der Waals surface area contributed by atoms with E-state index in [1.165, 1.54) is 6.08 Å². The first-order valence-electron chi connectivity index (χ1n) is 5.96. The molecule has 0 aromatic heterocycles. The minimum Gasteiger partial charge on any atom is -0.497 e. The molecule has 1 aromatic carbocycles. The van der Waals surface area contributed by atoms with Crippen LogP contribution in [0.3, 0.4) is 0 Å². The SMILES string of the molecule is C=CCC(NC(=O)COc1ccc(OC)cc1)C(=O)O. The minimum atomic E-state index is -1.11. The van der Waals surface area contributed by atoms with Gasteiger partial charge < -0.3 is 19.9 Å². The van der Waals surface area contributed by atoms with Gasteiger partial charge in [-0.2, -0.15) is 0 Å². The molecule has 0 heterocycles. The number of hydrogen-bond donors (Lipinski definition) is 2. The van der Waals surface area contributed by atoms with Gasteiger partial charge in [0.2, 0.25) is 0 Å². The van der Waals surface area contributed by atoms with Crippen molar-refractivity contribution in [3.05, 3.63) is 36.9 Å². The fourth-order valence-electron chi connectivity index (χ4n) is 1.44. The second-order valence-electron chi connectivity index (χ2n) is 3.95. The molecule has 0 aliphatic rings. The molecule has 0 aliphatic heterocycles. The average molecular weight is 279 g/mol. The Morgan fingerprint density at radius 3 is 2.45 bits per heavy atom. The molecule has 0 aliphatic carbocycles. The highest BCUT2D eigenvalue weighted by molar-refractivity contribution is 5.84. The van der Waals surface area contributed by atoms with Gasteiger partial charge >= 0.3 is 5.97 Å². The van der Waals surface area contributed by atoms with Gasteiger partial charge in [0.25, 0.3) is 5.91 Å². The van der Waals surface area contributed by atoms with Crippen molar-refractivity contribution in [3.63, 3.8) is 0 Å². The number of ether oxygens (including phenoxy) is 2. The molecule has 0 spiro atoms. The molecular formula is C14H17NO5. The summed E-state index contributed by atoms with van der Waals surface area (Å²) in [5.41, 5.74) is 0. The summed E-state index contributed by atoms with van der Waals surface area (Å²) in [7, 11) is 1.55. The molecule has 108 valence electrons. The fraction of sp³-hybridized carbons (Fsp3) is 0.286. The van der Waals surface area contributed by atoms with Crippen molar-refractivity contribution in [2.45, 2.75) is 12.5 Å². The molecule has 0 fully saturated rings. The van der Waals surface area contributed by atoms with Crippen LogP contribution < -0.4 is 14.8 Å². The predicted molar refractivity (Wildman–Crippen MR) is 72.9 cm³/mol. The van der Waals surface area contributed by atoms with Gasteiger partial charge in [-0.05, 0) is 30.7 Å². The van der Waals surface area contributed by atoms with E-state index >= 15 is 0 Å². The lowest BCUT2D eigenvalue weighted by Crippen LogP contribution is -2.42. The summed E-state index contributed by atoms with van der Waals surface area (Å²) >= 11 is 0. The molecule has 6 nitrogen and oxygen atoms in total. The molecule has 0 radical (unpaired) electrons. The van der Waals surface area contributed by atoms with Gasteiger partial charge in [0.1, 0.15) is 17.5 Å². The first kappa shape index (κ1) is 15.6. The third-order valence-electron chi connectivity index (χ3n) is 2.47. The standard InChI is InChI=1S/C14H17NO5/c1-3-4-12(14(17)18)15-13(16)9-20-11-7-5-10(19-2)6-8-11/h3,5-8,12H,1,4,9H2,2H3,(H,15,16)(H,17,18). The lowest BCUT2D eigenvalue weighted by atomic mass is 10.2. The number of carboxylic acids is 1. The topological polar surface area (TPSA) is 84.9 Å². The number of nitrogens with one attached hydrogen (secondary N) is 1. The van der Waals surface area contributed by atoms with E-state index < -0.39 is 17.9 Å². The summed E-state index contributed by atoms with van der Waals surface area (Å²) in [5.74, 6) is -0.437. The highest BCUT2D eigenvalue weighted by atomic mass is 16.5. The maximum Gasteiger partial charge on any atom is 0.326 e. The van der Waals surface area contributed by atoms with Gasteiger partial charge in [-0.3, -0.25) is 4.79 Å². The molecule has 1 atom stereocenters. The number of carbonyl (C=O) groups is 2. The van der Waals surface area contributed by atoms with Crippen LogP contribution in [0.15, 0.2) is 36.9 Å². The van der Waals surface area contributed by atoms with Crippen molar-refractivity contribution in [1.29, 1.82) is 0 Å². The highest BCUT2D eigenvalue weighted by Crippen LogP contribution is 2.16. The Hall–Kier alpha value is -2.50. The van der Waals surface area contributed by atoms with Crippen LogP contribution in [0.1, 0.15) is 6.42 Å². The van der Waals surface area contributed by atoms with Gasteiger partial charge in [0.15, 0.2) is 6.61 Å². The van der Waals surface area contributed by atoms with Crippen LogP contribution >= 0.6 is 0 Å². The van der Waals surface area contributed by atoms with Crippen molar-refractivity contribution in [2.75, 3.05) is 13.7 Å². The van der Waals surface area contributed by atoms with E-state index in [2.05, 4.69) is 11.9 Å². The normalized spacial score (nSPS) is 11.2. The minimum absolute atomic E-state index is 0.156. The summed E-state index contributed by atoms with van der Waals surface area (Å²) in [6.45, 7) is 3.19. The Bertz CT molecular complexity index is 469. The van der Waals surface area contributed by atoms with E-state index in [0.29, 0.717) is 11.5 Å². The van der Waals surface area contributed by atoms with Crippen molar-refractivity contribution in [1.82, 2.24) is 5.32 Å². The summed E-state index contributed by atoms with van der Waals surface area (Å²) in [6, 6.07) is 5.73. The van der Waals surface area contributed by atoms with E-state index in [1.54, 1.807) is 31.4 Å². The number of methoxy groups -OCH3 is 1. The van der Waals surface area contributed by atoms with Gasteiger partial charge in [0.05, 0.1) is 7.11 Å². The summed E-state index contributed by atoms with van der Waals surface area (Å²) in [4.78, 5) is 22.4. The zero-order chi connectivity index (χ0) is 15.0. The molecule has 1 rings (SSSR count). The molecule has 20 heavy (non-hydrogen) atoms. The van der Waals surface area contributed by atoms with E-state index in [4.69, 9.17) is 14.6 Å². The number of aliphatic carboxylic acids is 1. The molecule has 0 saturated heterocycles. The zero-order valence-corrected chi connectivity index (χ0v) is 11.2. The Morgan fingerprint density at radius 2 is 1.95 bits per heavy atom. The van der Waals surface area contributed by atoms with E-state index in [-0.39, 0.29) is 13.0 Å². The van der Waals surface area contributed by atoms with Crippen LogP contribution in [-0.4, -0.2) is 36.7 Å². The Morgan fingerprint density at radius 1 is 1.35 bits per heavy atom. The lowest BCUT2D eigenvalue weighted by molar-refractivity contribution is -0.142. The number of hydrogen-bond acceptors (Lipinski definition) is 4. The summed E-state index contributed by atoms with van der Waals surface area (Å²) < 4.78 is 10.2. The quantitative estimate of drug-likeness (QED) is 0.699. The molecule has 0 saturated carbocycles. The van der Waals surface area contributed by atoms with Crippen LogP contribution in [-0.2, 0) is 9.59 Å². The van der Waals surface area contributed by atoms with Gasteiger partial charge in [-0.15, -0.1) is 6.58 Å². The number of benzene rings is 1. The number of rotatable bonds is 8. The Kier molecular flexibility index (Phi) is 6.09. The maximum absolute atomic E-state index is 11.6. The number of carboxylic acid groups (broad SMARTS) is 1. The van der Waals surface area contributed by atoms with Crippen LogP contribution in [0.25, 0.3) is 0 Å². The molecular weight excluding hydrogens is 262 g/mol. The average Bonchev–Trinajstić information content (AvgIpc) is 2.45. The first-order valence-corrected chi connectivity index (χ1v) is 5.96. The van der Waals surface area contributed by atoms with E-state index in [9.17, 15) is 9.59 Å². The second-order valence-corrected chi connectivity index (χ2v) is 3.95. The van der Waals surface area contributed by atoms with Crippen LogP contribution in [0.4, 0.5) is 0 Å². The van der Waals surface area contributed by atoms with Crippen LogP contribution in [0, 0.1) is 0 Å². The smallest absolute Gasteiger partial charge is 0.326 e. The van der Waals surface area contributed by atoms with Crippen LogP contribution in [0.2, 0.25) is 0 Å². The van der Waals surface area contributed by atoms with Crippen molar-refractivity contribution < 1.29 is 24.2 Å². The monoisotopic (exact) mass is 279 g/mol. The number of amides is 1. The van der Waals surface area contributed by atoms with Gasteiger partial charge in [0, 0.05) is 0 Å². The van der Waals surface area contributed by atoms with E-state index in [1.807, 2.05) is 0 Å². The molecule has 0 bridgehead atoms. The third-order valence-corrected chi connectivity index (χ3v) is 2.47. The maximum atomic E-state index is 11.6. The van der Waals surface area contributed by atoms with Crippen molar-refractivity contribution >= 4 is 11.9 Å². The molecule has 2 N–H and O–H groups in total. The first-order chi connectivity index (χ1) is 9.56. The molecule has 1 unspecified atom stereocenters. The number of carbonyl (C=O) groups excluding carboxylic acids is 1. The van der Waals surface area contributed by atoms with Crippen LogP contribution in [0.5, 0.6) is 11.5 Å². The second kappa shape index (κ2) is 7.83. The third kappa shape index (κ3) is 5.01. The summed E-state index contributed by atoms with van der Waals surface area (Å²) in [5, 5.41) is 11.2. The zero-order valence-electron chi connectivity index (χ0n) is 11.2. The molecule has 1 aromatic rings. The summed E-state index contributed by atoms with van der Waals surface area (Å²) in [6.07, 6.45) is 1.59. The van der Waals surface area contributed by atoms with Gasteiger partial charge in [-0.1, -0.05) is 6.08 Å². The molecule has 6 heteroatoms. The van der Waals surface area contributed by atoms with E-state index in [0.717, 1.165) is 0 Å². The highest BCUT2D eigenvalue weighted by Gasteiger charge is 2.18. The van der Waals surface area contributed by atoms with Crippen molar-refractivity contribution in [3.8, 4) is 11.5 Å². The largest absolute Gasteiger partial charge is 0.497 e. The Labute approximate surface area is 117 Å². The Balaban J connectivity index is 2.45. The fourth-order valence-corrected chi connectivity index (χ4v) is 1.44. The molecule has 1 amide bonds.